The van der Waals surface area contributed by atoms with Gasteiger partial charge in [0.15, 0.2) is 0 Å². The molecule has 0 bridgehead atoms. The third-order valence-corrected chi connectivity index (χ3v) is 2.53. The fourth-order valence-electron chi connectivity index (χ4n) is 1.69. The van der Waals surface area contributed by atoms with Gasteiger partial charge < -0.3 is 14.6 Å². The third-order valence-electron chi connectivity index (χ3n) is 2.53. The molecule has 0 saturated heterocycles. The summed E-state index contributed by atoms with van der Waals surface area (Å²) in [6.45, 7) is 0. The van der Waals surface area contributed by atoms with E-state index >= 15 is 0 Å². The van der Waals surface area contributed by atoms with Crippen LogP contribution in [0.4, 0.5) is 0 Å². The average molecular weight is 258 g/mol. The van der Waals surface area contributed by atoms with E-state index < -0.39 is 5.97 Å². The summed E-state index contributed by atoms with van der Waals surface area (Å²) >= 11 is 0. The van der Waals surface area contributed by atoms with Gasteiger partial charge in [-0.1, -0.05) is 18.2 Å². The molecule has 0 fully saturated rings. The van der Waals surface area contributed by atoms with Crippen LogP contribution in [0.25, 0.3) is 0 Å². The van der Waals surface area contributed by atoms with Crippen LogP contribution in [0.2, 0.25) is 0 Å². The van der Waals surface area contributed by atoms with Crippen molar-refractivity contribution in [3.05, 3.63) is 54.1 Å². The largest absolute Gasteiger partial charge is 0.497 e. The first-order valence-electron chi connectivity index (χ1n) is 5.80. The number of carboxylic acid groups (broad SMARTS) is 1. The molecule has 0 aliphatic heterocycles. The summed E-state index contributed by atoms with van der Waals surface area (Å²) in [4.78, 5) is 10.7. The molecule has 0 amide bonds. The zero-order chi connectivity index (χ0) is 13.7. The predicted octanol–water partition coefficient (Wildman–Crippen LogP) is 3.11. The van der Waals surface area contributed by atoms with E-state index in [1.54, 1.807) is 37.4 Å². The second-order valence-corrected chi connectivity index (χ2v) is 4.00. The lowest BCUT2D eigenvalue weighted by Gasteiger charge is -2.08. The van der Waals surface area contributed by atoms with Gasteiger partial charge in [-0.2, -0.15) is 0 Å². The highest BCUT2D eigenvalue weighted by molar-refractivity contribution is 5.70. The first kappa shape index (κ1) is 13.0. The second-order valence-electron chi connectivity index (χ2n) is 4.00. The van der Waals surface area contributed by atoms with Crippen LogP contribution in [-0.2, 0) is 11.2 Å². The van der Waals surface area contributed by atoms with Crippen LogP contribution >= 0.6 is 0 Å². The Morgan fingerprint density at radius 3 is 2.37 bits per heavy atom. The summed E-state index contributed by atoms with van der Waals surface area (Å²) < 4.78 is 10.8. The molecule has 4 heteroatoms. The van der Waals surface area contributed by atoms with Crippen molar-refractivity contribution in [1.82, 2.24) is 0 Å². The van der Waals surface area contributed by atoms with Crippen LogP contribution < -0.4 is 9.47 Å². The monoisotopic (exact) mass is 258 g/mol. The molecule has 2 rings (SSSR count). The number of ether oxygens (including phenoxy) is 2. The molecule has 0 unspecified atom stereocenters. The van der Waals surface area contributed by atoms with Crippen molar-refractivity contribution in [2.75, 3.05) is 7.11 Å². The van der Waals surface area contributed by atoms with Gasteiger partial charge in [0, 0.05) is 6.07 Å². The number of benzene rings is 2. The minimum atomic E-state index is -0.862. The zero-order valence-electron chi connectivity index (χ0n) is 10.5. The maximum atomic E-state index is 10.7. The van der Waals surface area contributed by atoms with Crippen molar-refractivity contribution in [1.29, 1.82) is 0 Å². The first-order valence-corrected chi connectivity index (χ1v) is 5.80. The number of carboxylic acids is 1. The molecule has 0 aliphatic rings. The lowest BCUT2D eigenvalue weighted by atomic mass is 10.1. The van der Waals surface area contributed by atoms with Gasteiger partial charge in [0.05, 0.1) is 13.5 Å². The van der Waals surface area contributed by atoms with E-state index in [4.69, 9.17) is 14.6 Å². The van der Waals surface area contributed by atoms with E-state index in [1.165, 1.54) is 0 Å². The number of carbonyl (C=O) groups is 1. The number of aliphatic carboxylic acids is 1. The predicted molar refractivity (Wildman–Crippen MR) is 70.8 cm³/mol. The molecule has 19 heavy (non-hydrogen) atoms. The van der Waals surface area contributed by atoms with Gasteiger partial charge >= 0.3 is 5.97 Å². The Labute approximate surface area is 111 Å². The fraction of sp³-hybridized carbons (Fsp3) is 0.133. The Kier molecular flexibility index (Phi) is 4.03. The van der Waals surface area contributed by atoms with Gasteiger partial charge in [0.1, 0.15) is 17.2 Å². The highest BCUT2D eigenvalue weighted by Gasteiger charge is 2.03. The van der Waals surface area contributed by atoms with Gasteiger partial charge in [-0.3, -0.25) is 4.79 Å². The van der Waals surface area contributed by atoms with Crippen molar-refractivity contribution in [2.24, 2.45) is 0 Å². The molecular weight excluding hydrogens is 244 g/mol. The van der Waals surface area contributed by atoms with E-state index in [9.17, 15) is 4.79 Å². The standard InChI is InChI=1S/C15H14O4/c1-18-12-5-3-7-14(10-12)19-13-6-2-4-11(8-13)9-15(16)17/h2-8,10H,9H2,1H3,(H,16,17). The Morgan fingerprint density at radius 1 is 1.05 bits per heavy atom. The molecule has 0 saturated carbocycles. The molecule has 0 atom stereocenters. The van der Waals surface area contributed by atoms with E-state index in [0.717, 1.165) is 0 Å². The fourth-order valence-corrected chi connectivity index (χ4v) is 1.69. The van der Waals surface area contributed by atoms with Crippen molar-refractivity contribution in [2.45, 2.75) is 6.42 Å². The minimum absolute atomic E-state index is 0.0185. The van der Waals surface area contributed by atoms with Crippen molar-refractivity contribution >= 4 is 5.97 Å². The first-order chi connectivity index (χ1) is 9.17. The molecule has 2 aromatic rings. The van der Waals surface area contributed by atoms with Crippen LogP contribution in [0.15, 0.2) is 48.5 Å². The number of hydrogen-bond acceptors (Lipinski definition) is 3. The summed E-state index contributed by atoms with van der Waals surface area (Å²) in [5, 5.41) is 8.76. The zero-order valence-corrected chi connectivity index (χ0v) is 10.5. The van der Waals surface area contributed by atoms with E-state index in [0.29, 0.717) is 22.8 Å². The molecule has 0 heterocycles. The van der Waals surface area contributed by atoms with Crippen LogP contribution in [0.5, 0.6) is 17.2 Å². The topological polar surface area (TPSA) is 55.8 Å². The second kappa shape index (κ2) is 5.91. The van der Waals surface area contributed by atoms with Gasteiger partial charge in [-0.05, 0) is 29.8 Å². The Bertz CT molecular complexity index is 578. The van der Waals surface area contributed by atoms with Crippen molar-refractivity contribution in [3.63, 3.8) is 0 Å². The highest BCUT2D eigenvalue weighted by Crippen LogP contribution is 2.25. The molecule has 0 aromatic heterocycles. The molecule has 98 valence electrons. The lowest BCUT2D eigenvalue weighted by Crippen LogP contribution is -1.99. The van der Waals surface area contributed by atoms with Gasteiger partial charge in [-0.15, -0.1) is 0 Å². The Morgan fingerprint density at radius 2 is 1.68 bits per heavy atom. The third kappa shape index (κ3) is 3.74. The van der Waals surface area contributed by atoms with E-state index in [-0.39, 0.29) is 6.42 Å². The summed E-state index contributed by atoms with van der Waals surface area (Å²) in [5.74, 6) is 1.09. The summed E-state index contributed by atoms with van der Waals surface area (Å²) in [6, 6.07) is 14.3. The Balaban J connectivity index is 2.15. The number of hydrogen-bond donors (Lipinski definition) is 1. The van der Waals surface area contributed by atoms with E-state index in [1.807, 2.05) is 18.2 Å². The summed E-state index contributed by atoms with van der Waals surface area (Å²) in [6.07, 6.45) is -0.0185. The lowest BCUT2D eigenvalue weighted by molar-refractivity contribution is -0.136. The van der Waals surface area contributed by atoms with Gasteiger partial charge in [0.2, 0.25) is 0 Å². The van der Waals surface area contributed by atoms with Crippen LogP contribution in [-0.4, -0.2) is 18.2 Å². The quantitative estimate of drug-likeness (QED) is 0.895. The van der Waals surface area contributed by atoms with Crippen molar-refractivity contribution in [3.8, 4) is 17.2 Å². The molecule has 0 aliphatic carbocycles. The maximum absolute atomic E-state index is 10.7. The molecule has 0 radical (unpaired) electrons. The average Bonchev–Trinajstić information content (AvgIpc) is 2.38. The van der Waals surface area contributed by atoms with E-state index in [2.05, 4.69) is 0 Å². The van der Waals surface area contributed by atoms with Crippen LogP contribution in [0.3, 0.4) is 0 Å². The summed E-state index contributed by atoms with van der Waals surface area (Å²) in [5.41, 5.74) is 0.702. The van der Waals surface area contributed by atoms with Crippen LogP contribution in [0.1, 0.15) is 5.56 Å². The van der Waals surface area contributed by atoms with Crippen molar-refractivity contribution < 1.29 is 19.4 Å². The molecule has 4 nitrogen and oxygen atoms in total. The number of rotatable bonds is 5. The minimum Gasteiger partial charge on any atom is -0.497 e. The molecule has 0 spiro atoms. The SMILES string of the molecule is COc1cccc(Oc2cccc(CC(=O)O)c2)c1. The Hall–Kier alpha value is -2.49. The molecular formula is C15H14O4. The number of methoxy groups -OCH3 is 1. The summed E-state index contributed by atoms with van der Waals surface area (Å²) in [7, 11) is 1.59. The smallest absolute Gasteiger partial charge is 0.307 e. The van der Waals surface area contributed by atoms with Gasteiger partial charge in [-0.25, -0.2) is 0 Å². The molecule has 2 aromatic carbocycles. The van der Waals surface area contributed by atoms with Gasteiger partial charge in [0.25, 0.3) is 0 Å². The van der Waals surface area contributed by atoms with Crippen LogP contribution in [0, 0.1) is 0 Å². The highest BCUT2D eigenvalue weighted by atomic mass is 16.5. The molecule has 1 N–H and O–H groups in total. The normalized spacial score (nSPS) is 9.95. The maximum Gasteiger partial charge on any atom is 0.307 e.